The molecule has 2 rings (SSSR count). The first-order valence-electron chi connectivity index (χ1n) is 4.99. The van der Waals surface area contributed by atoms with Crippen molar-refractivity contribution in [2.75, 3.05) is 0 Å². The van der Waals surface area contributed by atoms with Gasteiger partial charge in [0, 0.05) is 13.0 Å². The summed E-state index contributed by atoms with van der Waals surface area (Å²) in [4.78, 5) is 4.30. The highest BCUT2D eigenvalue weighted by Gasteiger charge is 2.01. The van der Waals surface area contributed by atoms with E-state index < -0.39 is 0 Å². The predicted molar refractivity (Wildman–Crippen MR) is 62.3 cm³/mol. The van der Waals surface area contributed by atoms with Crippen molar-refractivity contribution in [1.29, 1.82) is 0 Å². The van der Waals surface area contributed by atoms with Gasteiger partial charge in [-0.15, -0.1) is 0 Å². The fourth-order valence-electron chi connectivity index (χ4n) is 1.49. The van der Waals surface area contributed by atoms with E-state index in [2.05, 4.69) is 22.2 Å². The minimum atomic E-state index is 0.628. The van der Waals surface area contributed by atoms with Crippen molar-refractivity contribution in [1.82, 2.24) is 14.8 Å². The number of hydrogen-bond donors (Lipinski definition) is 1. The maximum atomic E-state index is 5.11. The molecule has 0 radical (unpaired) electrons. The summed E-state index contributed by atoms with van der Waals surface area (Å²) in [6.45, 7) is 2.88. The fraction of sp³-hybridized carbons (Fsp3) is 0.273. The Kier molecular flexibility index (Phi) is 2.97. The molecule has 1 heterocycles. The van der Waals surface area contributed by atoms with Gasteiger partial charge < -0.3 is 0 Å². The topological polar surface area (TPSA) is 33.6 Å². The van der Waals surface area contributed by atoms with Gasteiger partial charge in [-0.3, -0.25) is 9.78 Å². The lowest BCUT2D eigenvalue weighted by atomic mass is 10.1. The minimum absolute atomic E-state index is 0.628. The first-order valence-corrected chi connectivity index (χ1v) is 5.40. The van der Waals surface area contributed by atoms with Crippen LogP contribution in [0.4, 0.5) is 0 Å². The van der Waals surface area contributed by atoms with E-state index in [0.717, 1.165) is 18.8 Å². The highest BCUT2D eigenvalue weighted by atomic mass is 32.1. The van der Waals surface area contributed by atoms with E-state index >= 15 is 0 Å². The van der Waals surface area contributed by atoms with Crippen LogP contribution in [0.15, 0.2) is 30.3 Å². The van der Waals surface area contributed by atoms with Crippen LogP contribution in [0.3, 0.4) is 0 Å². The zero-order valence-electron chi connectivity index (χ0n) is 8.60. The predicted octanol–water partition coefficient (Wildman–Crippen LogP) is 2.55. The van der Waals surface area contributed by atoms with E-state index in [4.69, 9.17) is 12.2 Å². The summed E-state index contributed by atoms with van der Waals surface area (Å²) in [6, 6.07) is 10.2. The Hall–Kier alpha value is -1.42. The van der Waals surface area contributed by atoms with Crippen LogP contribution < -0.4 is 0 Å². The third-order valence-electron chi connectivity index (χ3n) is 2.26. The molecule has 0 fully saturated rings. The molecule has 0 unspecified atom stereocenters. The van der Waals surface area contributed by atoms with Crippen LogP contribution in [0, 0.1) is 4.77 Å². The van der Waals surface area contributed by atoms with Crippen molar-refractivity contribution in [3.05, 3.63) is 46.5 Å². The summed E-state index contributed by atoms with van der Waals surface area (Å²) < 4.78 is 2.50. The molecule has 0 aliphatic rings. The third-order valence-corrected chi connectivity index (χ3v) is 2.57. The largest absolute Gasteiger partial charge is 0.283 e. The van der Waals surface area contributed by atoms with Gasteiger partial charge >= 0.3 is 0 Å². The maximum absolute atomic E-state index is 5.11. The average Bonchev–Trinajstić information content (AvgIpc) is 2.60. The van der Waals surface area contributed by atoms with Gasteiger partial charge in [0.25, 0.3) is 0 Å². The highest BCUT2D eigenvalue weighted by molar-refractivity contribution is 7.71. The zero-order valence-corrected chi connectivity index (χ0v) is 9.42. The van der Waals surface area contributed by atoms with Crippen molar-refractivity contribution in [3.8, 4) is 0 Å². The van der Waals surface area contributed by atoms with Crippen molar-refractivity contribution in [2.45, 2.75) is 19.9 Å². The second-order valence-electron chi connectivity index (χ2n) is 3.36. The Balaban J connectivity index is 2.22. The number of aromatic nitrogens is 3. The standard InChI is InChI=1S/C11H13N3S/c1-2-14-11(15)12-10(13-14)8-9-6-4-3-5-7-9/h3-7H,2,8H2,1H3,(H,12,13,15). The number of nitrogens with zero attached hydrogens (tertiary/aromatic N) is 2. The van der Waals surface area contributed by atoms with Crippen LogP contribution in [0.5, 0.6) is 0 Å². The lowest BCUT2D eigenvalue weighted by molar-refractivity contribution is 0.641. The molecule has 0 amide bonds. The highest BCUT2D eigenvalue weighted by Crippen LogP contribution is 2.05. The third kappa shape index (κ3) is 2.33. The summed E-state index contributed by atoms with van der Waals surface area (Å²) in [7, 11) is 0. The Morgan fingerprint density at radius 3 is 2.67 bits per heavy atom. The molecule has 1 aromatic heterocycles. The molecular formula is C11H13N3S. The van der Waals surface area contributed by atoms with Crippen LogP contribution in [-0.4, -0.2) is 14.8 Å². The molecule has 0 saturated heterocycles. The second kappa shape index (κ2) is 4.40. The molecular weight excluding hydrogens is 206 g/mol. The molecule has 78 valence electrons. The van der Waals surface area contributed by atoms with Crippen LogP contribution in [0.25, 0.3) is 0 Å². The summed E-state index contributed by atoms with van der Waals surface area (Å²) in [5.74, 6) is 0.924. The van der Waals surface area contributed by atoms with Gasteiger partial charge in [-0.25, -0.2) is 4.98 Å². The first-order chi connectivity index (χ1) is 7.29. The molecule has 15 heavy (non-hydrogen) atoms. The van der Waals surface area contributed by atoms with Gasteiger partial charge in [0.2, 0.25) is 4.77 Å². The quantitative estimate of drug-likeness (QED) is 0.805. The monoisotopic (exact) mass is 219 g/mol. The summed E-state index contributed by atoms with van der Waals surface area (Å²) in [6.07, 6.45) is 0.803. The minimum Gasteiger partial charge on any atom is -0.283 e. The smallest absolute Gasteiger partial charge is 0.216 e. The van der Waals surface area contributed by atoms with Crippen molar-refractivity contribution < 1.29 is 0 Å². The van der Waals surface area contributed by atoms with Crippen LogP contribution in [0.1, 0.15) is 18.3 Å². The molecule has 0 aliphatic carbocycles. The number of benzene rings is 1. The molecule has 4 heteroatoms. The van der Waals surface area contributed by atoms with Gasteiger partial charge in [0.05, 0.1) is 0 Å². The summed E-state index contributed by atoms with van der Waals surface area (Å²) in [5, 5.41) is 3.18. The molecule has 3 nitrogen and oxygen atoms in total. The van der Waals surface area contributed by atoms with Crippen molar-refractivity contribution >= 4 is 12.2 Å². The number of aryl methyl sites for hydroxylation is 1. The summed E-state index contributed by atoms with van der Waals surface area (Å²) in [5.41, 5.74) is 1.24. The second-order valence-corrected chi connectivity index (χ2v) is 3.72. The van der Waals surface area contributed by atoms with E-state index in [9.17, 15) is 0 Å². The van der Waals surface area contributed by atoms with Gasteiger partial charge in [-0.1, -0.05) is 30.3 Å². The van der Waals surface area contributed by atoms with E-state index in [1.54, 1.807) is 0 Å². The lowest BCUT2D eigenvalue weighted by Gasteiger charge is -1.97. The number of nitrogens with one attached hydrogen (secondary N) is 1. The van der Waals surface area contributed by atoms with E-state index in [-0.39, 0.29) is 0 Å². The molecule has 0 spiro atoms. The SMILES string of the molecule is CCn1[nH]c(Cc2ccccc2)nc1=S. The van der Waals surface area contributed by atoms with Gasteiger partial charge in [-0.05, 0) is 24.7 Å². The molecule has 0 saturated carbocycles. The van der Waals surface area contributed by atoms with Crippen LogP contribution in [0.2, 0.25) is 0 Å². The molecule has 0 atom stereocenters. The maximum Gasteiger partial charge on any atom is 0.216 e. The Morgan fingerprint density at radius 1 is 1.33 bits per heavy atom. The Bertz CT molecular complexity index is 484. The van der Waals surface area contributed by atoms with E-state index in [0.29, 0.717) is 4.77 Å². The van der Waals surface area contributed by atoms with Gasteiger partial charge in [0.15, 0.2) is 0 Å². The number of hydrogen-bond acceptors (Lipinski definition) is 2. The Morgan fingerprint density at radius 2 is 2.07 bits per heavy atom. The van der Waals surface area contributed by atoms with Crippen molar-refractivity contribution in [3.63, 3.8) is 0 Å². The molecule has 0 aliphatic heterocycles. The van der Waals surface area contributed by atoms with Crippen molar-refractivity contribution in [2.24, 2.45) is 0 Å². The molecule has 2 aromatic rings. The molecule has 1 aromatic carbocycles. The lowest BCUT2D eigenvalue weighted by Crippen LogP contribution is -1.97. The number of H-pyrrole nitrogens is 1. The normalized spacial score (nSPS) is 10.5. The van der Waals surface area contributed by atoms with E-state index in [1.165, 1.54) is 5.56 Å². The van der Waals surface area contributed by atoms with Crippen LogP contribution >= 0.6 is 12.2 Å². The zero-order chi connectivity index (χ0) is 10.7. The van der Waals surface area contributed by atoms with Gasteiger partial charge in [0.1, 0.15) is 5.82 Å². The van der Waals surface area contributed by atoms with Crippen LogP contribution in [-0.2, 0) is 13.0 Å². The number of rotatable bonds is 3. The Labute approximate surface area is 93.8 Å². The number of aromatic amines is 1. The fourth-order valence-corrected chi connectivity index (χ4v) is 1.77. The molecule has 1 N–H and O–H groups in total. The van der Waals surface area contributed by atoms with Gasteiger partial charge in [-0.2, -0.15) is 0 Å². The first kappa shape index (κ1) is 10.1. The van der Waals surface area contributed by atoms with E-state index in [1.807, 2.05) is 29.8 Å². The summed E-state index contributed by atoms with van der Waals surface area (Å²) >= 11 is 5.11. The average molecular weight is 219 g/mol. The molecule has 0 bridgehead atoms.